The highest BCUT2D eigenvalue weighted by Gasteiger charge is 2.24. The predicted octanol–water partition coefficient (Wildman–Crippen LogP) is 4.28. The number of hydrogen-bond acceptors (Lipinski definition) is 3. The Kier molecular flexibility index (Phi) is 5.41. The SMILES string of the molecule is CCOc1cc2c(cc1OCC)C(c1ccc(CC)cc1)NCC2. The summed E-state index contributed by atoms with van der Waals surface area (Å²) in [6.07, 6.45) is 2.09. The Morgan fingerprint density at radius 1 is 0.958 bits per heavy atom. The van der Waals surface area contributed by atoms with E-state index in [-0.39, 0.29) is 6.04 Å². The van der Waals surface area contributed by atoms with Crippen LogP contribution >= 0.6 is 0 Å². The minimum Gasteiger partial charge on any atom is -0.490 e. The predicted molar refractivity (Wildman–Crippen MR) is 98.1 cm³/mol. The van der Waals surface area contributed by atoms with E-state index >= 15 is 0 Å². The van der Waals surface area contributed by atoms with Gasteiger partial charge in [0.2, 0.25) is 0 Å². The van der Waals surface area contributed by atoms with E-state index in [1.807, 2.05) is 13.8 Å². The maximum absolute atomic E-state index is 5.82. The molecule has 0 amide bonds. The lowest BCUT2D eigenvalue weighted by atomic mass is 9.89. The van der Waals surface area contributed by atoms with Gasteiger partial charge in [-0.2, -0.15) is 0 Å². The number of hydrogen-bond donors (Lipinski definition) is 1. The Bertz CT molecular complexity index is 679. The van der Waals surface area contributed by atoms with Crippen molar-refractivity contribution in [3.05, 3.63) is 58.7 Å². The lowest BCUT2D eigenvalue weighted by Gasteiger charge is -2.29. The molecular formula is C21H27NO2. The van der Waals surface area contributed by atoms with Gasteiger partial charge in [-0.1, -0.05) is 31.2 Å². The Hall–Kier alpha value is -2.00. The van der Waals surface area contributed by atoms with Gasteiger partial charge < -0.3 is 14.8 Å². The second-order valence-corrected chi connectivity index (χ2v) is 6.10. The molecule has 1 unspecified atom stereocenters. The van der Waals surface area contributed by atoms with E-state index in [4.69, 9.17) is 9.47 Å². The molecule has 0 bridgehead atoms. The Morgan fingerprint density at radius 3 is 2.25 bits per heavy atom. The summed E-state index contributed by atoms with van der Waals surface area (Å²) in [5.41, 5.74) is 5.33. The monoisotopic (exact) mass is 325 g/mol. The van der Waals surface area contributed by atoms with Crippen molar-refractivity contribution in [1.82, 2.24) is 5.32 Å². The first-order chi connectivity index (χ1) is 11.8. The molecule has 0 fully saturated rings. The summed E-state index contributed by atoms with van der Waals surface area (Å²) in [7, 11) is 0. The van der Waals surface area contributed by atoms with Crippen LogP contribution in [0.5, 0.6) is 11.5 Å². The molecule has 3 rings (SSSR count). The van der Waals surface area contributed by atoms with Gasteiger partial charge in [-0.15, -0.1) is 0 Å². The molecule has 24 heavy (non-hydrogen) atoms. The molecule has 0 spiro atoms. The molecule has 1 aliphatic heterocycles. The van der Waals surface area contributed by atoms with Gasteiger partial charge in [0.1, 0.15) is 0 Å². The number of ether oxygens (including phenoxy) is 2. The van der Waals surface area contributed by atoms with Crippen molar-refractivity contribution < 1.29 is 9.47 Å². The van der Waals surface area contributed by atoms with Gasteiger partial charge >= 0.3 is 0 Å². The normalized spacial score (nSPS) is 16.5. The molecule has 3 nitrogen and oxygen atoms in total. The van der Waals surface area contributed by atoms with Gasteiger partial charge in [0.25, 0.3) is 0 Å². The summed E-state index contributed by atoms with van der Waals surface area (Å²) in [6, 6.07) is 13.5. The Balaban J connectivity index is 2.00. The molecule has 1 aliphatic rings. The van der Waals surface area contributed by atoms with Crippen LogP contribution in [0, 0.1) is 0 Å². The van der Waals surface area contributed by atoms with E-state index in [9.17, 15) is 0 Å². The van der Waals surface area contributed by atoms with Crippen LogP contribution in [-0.2, 0) is 12.8 Å². The molecule has 0 aliphatic carbocycles. The van der Waals surface area contributed by atoms with Crippen molar-refractivity contribution in [1.29, 1.82) is 0 Å². The molecular weight excluding hydrogens is 298 g/mol. The van der Waals surface area contributed by atoms with Gasteiger partial charge in [0.15, 0.2) is 11.5 Å². The second-order valence-electron chi connectivity index (χ2n) is 6.10. The zero-order valence-corrected chi connectivity index (χ0v) is 14.9. The van der Waals surface area contributed by atoms with E-state index in [2.05, 4.69) is 48.6 Å². The number of rotatable bonds is 6. The van der Waals surface area contributed by atoms with Gasteiger partial charge in [-0.05, 0) is 61.1 Å². The number of fused-ring (bicyclic) bond motifs is 1. The smallest absolute Gasteiger partial charge is 0.161 e. The fourth-order valence-corrected chi connectivity index (χ4v) is 3.34. The molecule has 0 saturated heterocycles. The fourth-order valence-electron chi connectivity index (χ4n) is 3.34. The largest absolute Gasteiger partial charge is 0.490 e. The summed E-state index contributed by atoms with van der Waals surface area (Å²) in [4.78, 5) is 0. The lowest BCUT2D eigenvalue weighted by molar-refractivity contribution is 0.286. The van der Waals surface area contributed by atoms with Crippen LogP contribution in [-0.4, -0.2) is 19.8 Å². The van der Waals surface area contributed by atoms with E-state index in [0.717, 1.165) is 30.9 Å². The highest BCUT2D eigenvalue weighted by Crippen LogP contribution is 2.37. The van der Waals surface area contributed by atoms with Gasteiger partial charge in [0.05, 0.1) is 19.3 Å². The highest BCUT2D eigenvalue weighted by molar-refractivity contribution is 5.51. The standard InChI is InChI=1S/C21H27NO2/c1-4-15-7-9-16(10-8-15)21-18-14-20(24-6-3)19(23-5-2)13-17(18)11-12-22-21/h7-10,13-14,21-22H,4-6,11-12H2,1-3H3. The highest BCUT2D eigenvalue weighted by atomic mass is 16.5. The van der Waals surface area contributed by atoms with E-state index in [0.29, 0.717) is 13.2 Å². The average molecular weight is 325 g/mol. The molecule has 2 aromatic rings. The van der Waals surface area contributed by atoms with Crippen molar-refractivity contribution in [2.24, 2.45) is 0 Å². The first-order valence-electron chi connectivity index (χ1n) is 9.01. The third-order valence-electron chi connectivity index (χ3n) is 4.58. The number of aryl methyl sites for hydroxylation is 1. The molecule has 3 heteroatoms. The average Bonchev–Trinajstić information content (AvgIpc) is 2.62. The topological polar surface area (TPSA) is 30.5 Å². The summed E-state index contributed by atoms with van der Waals surface area (Å²) in [5, 5.41) is 3.65. The molecule has 0 radical (unpaired) electrons. The zero-order chi connectivity index (χ0) is 16.9. The molecule has 2 aromatic carbocycles. The van der Waals surface area contributed by atoms with Crippen molar-refractivity contribution in [3.8, 4) is 11.5 Å². The first kappa shape index (κ1) is 16.8. The minimum atomic E-state index is 0.217. The number of benzene rings is 2. The molecule has 0 aromatic heterocycles. The quantitative estimate of drug-likeness (QED) is 0.860. The molecule has 128 valence electrons. The maximum atomic E-state index is 5.82. The maximum Gasteiger partial charge on any atom is 0.161 e. The van der Waals surface area contributed by atoms with Crippen molar-refractivity contribution >= 4 is 0 Å². The van der Waals surface area contributed by atoms with Crippen LogP contribution in [0.15, 0.2) is 36.4 Å². The molecule has 1 atom stereocenters. The summed E-state index contributed by atoms with van der Waals surface area (Å²) in [5.74, 6) is 1.71. The Labute approximate surface area is 145 Å². The van der Waals surface area contributed by atoms with Crippen LogP contribution in [0.1, 0.15) is 49.1 Å². The fraction of sp³-hybridized carbons (Fsp3) is 0.429. The van der Waals surface area contributed by atoms with Crippen LogP contribution in [0.2, 0.25) is 0 Å². The third kappa shape index (κ3) is 3.41. The van der Waals surface area contributed by atoms with E-state index in [1.54, 1.807) is 0 Å². The lowest BCUT2D eigenvalue weighted by Crippen LogP contribution is -2.30. The van der Waals surface area contributed by atoms with E-state index < -0.39 is 0 Å². The summed E-state index contributed by atoms with van der Waals surface area (Å²) < 4.78 is 11.6. The van der Waals surface area contributed by atoms with Crippen LogP contribution in [0.3, 0.4) is 0 Å². The second kappa shape index (κ2) is 7.71. The van der Waals surface area contributed by atoms with Crippen molar-refractivity contribution in [2.45, 2.75) is 39.7 Å². The summed E-state index contributed by atoms with van der Waals surface area (Å²) >= 11 is 0. The van der Waals surface area contributed by atoms with E-state index in [1.165, 1.54) is 22.3 Å². The minimum absolute atomic E-state index is 0.217. The Morgan fingerprint density at radius 2 is 1.62 bits per heavy atom. The zero-order valence-electron chi connectivity index (χ0n) is 14.9. The molecule has 1 N–H and O–H groups in total. The van der Waals surface area contributed by atoms with Crippen molar-refractivity contribution in [2.75, 3.05) is 19.8 Å². The van der Waals surface area contributed by atoms with Crippen LogP contribution in [0.25, 0.3) is 0 Å². The van der Waals surface area contributed by atoms with Gasteiger partial charge in [-0.25, -0.2) is 0 Å². The summed E-state index contributed by atoms with van der Waals surface area (Å²) in [6.45, 7) is 8.48. The molecule has 0 saturated carbocycles. The van der Waals surface area contributed by atoms with Gasteiger partial charge in [0, 0.05) is 6.54 Å². The van der Waals surface area contributed by atoms with Crippen LogP contribution in [0.4, 0.5) is 0 Å². The first-order valence-corrected chi connectivity index (χ1v) is 9.01. The third-order valence-corrected chi connectivity index (χ3v) is 4.58. The van der Waals surface area contributed by atoms with Crippen molar-refractivity contribution in [3.63, 3.8) is 0 Å². The molecule has 1 heterocycles. The van der Waals surface area contributed by atoms with Crippen LogP contribution < -0.4 is 14.8 Å². The number of nitrogens with one attached hydrogen (secondary N) is 1. The van der Waals surface area contributed by atoms with Gasteiger partial charge in [-0.3, -0.25) is 0 Å².